The molecule has 1 aromatic carbocycles. The monoisotopic (exact) mass is 423 g/mol. The number of alkyl halides is 3. The Morgan fingerprint density at radius 3 is 2.33 bits per heavy atom. The topological polar surface area (TPSA) is 71.8 Å². The van der Waals surface area contributed by atoms with Crippen LogP contribution < -0.4 is 10.3 Å². The van der Waals surface area contributed by atoms with E-state index in [0.717, 1.165) is 10.6 Å². The van der Waals surface area contributed by atoms with Gasteiger partial charge >= 0.3 is 6.18 Å². The lowest BCUT2D eigenvalue weighted by Gasteiger charge is -2.35. The highest BCUT2D eigenvalue weighted by molar-refractivity contribution is 5.94. The minimum atomic E-state index is -4.61. The molecule has 3 rings (SSSR count). The van der Waals surface area contributed by atoms with Gasteiger partial charge in [0.1, 0.15) is 12.3 Å². The van der Waals surface area contributed by atoms with Crippen LogP contribution in [0.3, 0.4) is 0 Å². The number of nitrogens with zero attached hydrogens (tertiary/aromatic N) is 3. The van der Waals surface area contributed by atoms with E-state index >= 15 is 0 Å². The number of aromatic nitrogens is 1. The first-order valence-corrected chi connectivity index (χ1v) is 9.18. The molecular weight excluding hydrogens is 403 g/mol. The van der Waals surface area contributed by atoms with Crippen LogP contribution in [0.5, 0.6) is 5.75 Å². The zero-order valence-corrected chi connectivity index (χ0v) is 16.2. The van der Waals surface area contributed by atoms with Gasteiger partial charge in [0.2, 0.25) is 5.91 Å². The molecular formula is C20H20F3N3O4. The van der Waals surface area contributed by atoms with Crippen molar-refractivity contribution in [2.45, 2.75) is 12.7 Å². The van der Waals surface area contributed by atoms with Gasteiger partial charge in [-0.15, -0.1) is 0 Å². The van der Waals surface area contributed by atoms with Crippen molar-refractivity contribution in [3.63, 3.8) is 0 Å². The summed E-state index contributed by atoms with van der Waals surface area (Å²) < 4.78 is 44.4. The zero-order chi connectivity index (χ0) is 21.9. The first kappa shape index (κ1) is 21.4. The second-order valence-electron chi connectivity index (χ2n) is 6.79. The van der Waals surface area contributed by atoms with Crippen LogP contribution in [0.2, 0.25) is 0 Å². The summed E-state index contributed by atoms with van der Waals surface area (Å²) in [6, 6.07) is 8.21. The number of pyridine rings is 1. The highest BCUT2D eigenvalue weighted by Crippen LogP contribution is 2.28. The molecule has 0 saturated carbocycles. The molecule has 1 aliphatic rings. The molecule has 0 radical (unpaired) electrons. The van der Waals surface area contributed by atoms with Gasteiger partial charge in [0.05, 0.1) is 12.7 Å². The van der Waals surface area contributed by atoms with Gasteiger partial charge in [0, 0.05) is 44.0 Å². The summed E-state index contributed by atoms with van der Waals surface area (Å²) in [5, 5.41) is 0. The number of halogens is 3. The summed E-state index contributed by atoms with van der Waals surface area (Å²) in [6.07, 6.45) is -3.96. The van der Waals surface area contributed by atoms with Crippen LogP contribution >= 0.6 is 0 Å². The summed E-state index contributed by atoms with van der Waals surface area (Å²) in [5.74, 6) is -0.124. The SMILES string of the molecule is COc1cccc(C(=O)N2CCN(C(=O)Cn3cc(C(F)(F)F)ccc3=O)CC2)c1. The van der Waals surface area contributed by atoms with Gasteiger partial charge < -0.3 is 19.1 Å². The number of methoxy groups -OCH3 is 1. The van der Waals surface area contributed by atoms with Crippen molar-refractivity contribution in [1.82, 2.24) is 14.4 Å². The smallest absolute Gasteiger partial charge is 0.417 e. The molecule has 1 aromatic heterocycles. The van der Waals surface area contributed by atoms with Crippen molar-refractivity contribution < 1.29 is 27.5 Å². The van der Waals surface area contributed by atoms with Gasteiger partial charge in [-0.2, -0.15) is 13.2 Å². The Hall–Kier alpha value is -3.30. The molecule has 160 valence electrons. The molecule has 2 aromatic rings. The van der Waals surface area contributed by atoms with Gasteiger partial charge in [-0.05, 0) is 24.3 Å². The van der Waals surface area contributed by atoms with Crippen LogP contribution in [0.15, 0.2) is 47.4 Å². The van der Waals surface area contributed by atoms with Crippen molar-refractivity contribution in [3.8, 4) is 5.75 Å². The molecule has 2 heterocycles. The minimum absolute atomic E-state index is 0.199. The number of hydrogen-bond acceptors (Lipinski definition) is 4. The van der Waals surface area contributed by atoms with Crippen LogP contribution in [0.1, 0.15) is 15.9 Å². The van der Waals surface area contributed by atoms with E-state index < -0.39 is 29.8 Å². The van der Waals surface area contributed by atoms with Crippen molar-refractivity contribution in [2.24, 2.45) is 0 Å². The zero-order valence-electron chi connectivity index (χ0n) is 16.2. The maximum absolute atomic E-state index is 12.8. The Bertz CT molecular complexity index is 995. The van der Waals surface area contributed by atoms with Crippen LogP contribution in [-0.2, 0) is 17.5 Å². The second kappa shape index (κ2) is 8.60. The molecule has 0 aliphatic carbocycles. The van der Waals surface area contributed by atoms with Crippen LogP contribution in [0.4, 0.5) is 13.2 Å². The van der Waals surface area contributed by atoms with E-state index in [1.165, 1.54) is 12.0 Å². The van der Waals surface area contributed by atoms with Crippen LogP contribution in [-0.4, -0.2) is 59.5 Å². The number of ether oxygens (including phenoxy) is 1. The van der Waals surface area contributed by atoms with E-state index in [4.69, 9.17) is 4.74 Å². The maximum Gasteiger partial charge on any atom is 0.417 e. The molecule has 0 atom stereocenters. The molecule has 2 amide bonds. The van der Waals surface area contributed by atoms with E-state index in [2.05, 4.69) is 0 Å². The van der Waals surface area contributed by atoms with Crippen molar-refractivity contribution in [2.75, 3.05) is 33.3 Å². The van der Waals surface area contributed by atoms with Gasteiger partial charge in [0.15, 0.2) is 0 Å². The van der Waals surface area contributed by atoms with E-state index in [1.807, 2.05) is 0 Å². The van der Waals surface area contributed by atoms with Gasteiger partial charge in [-0.25, -0.2) is 0 Å². The standard InChI is InChI=1S/C20H20F3N3O4/c1-30-16-4-2-3-14(11-16)19(29)25-9-7-24(8-10-25)18(28)13-26-12-15(20(21,22)23)5-6-17(26)27/h2-6,11-12H,7-10,13H2,1H3. The number of rotatable bonds is 4. The average Bonchev–Trinajstić information content (AvgIpc) is 2.74. The first-order chi connectivity index (χ1) is 14.2. The fourth-order valence-corrected chi connectivity index (χ4v) is 3.17. The predicted molar refractivity (Wildman–Crippen MR) is 101 cm³/mol. The molecule has 30 heavy (non-hydrogen) atoms. The Balaban J connectivity index is 1.62. The molecule has 1 saturated heterocycles. The number of piperazine rings is 1. The average molecular weight is 423 g/mol. The molecule has 7 nitrogen and oxygen atoms in total. The lowest BCUT2D eigenvalue weighted by Crippen LogP contribution is -2.51. The van der Waals surface area contributed by atoms with Crippen molar-refractivity contribution >= 4 is 11.8 Å². The summed E-state index contributed by atoms with van der Waals surface area (Å²) in [6.45, 7) is 0.510. The normalized spacial score (nSPS) is 14.5. The number of hydrogen-bond donors (Lipinski definition) is 0. The Morgan fingerprint density at radius 1 is 1.03 bits per heavy atom. The Labute approximate surface area is 170 Å². The lowest BCUT2D eigenvalue weighted by molar-refractivity contribution is -0.139. The second-order valence-corrected chi connectivity index (χ2v) is 6.79. The third-order valence-electron chi connectivity index (χ3n) is 4.85. The molecule has 0 spiro atoms. The first-order valence-electron chi connectivity index (χ1n) is 9.18. The predicted octanol–water partition coefficient (Wildman–Crippen LogP) is 1.86. The third-order valence-corrected chi connectivity index (χ3v) is 4.85. The lowest BCUT2D eigenvalue weighted by atomic mass is 10.1. The molecule has 1 aliphatic heterocycles. The molecule has 0 bridgehead atoms. The summed E-state index contributed by atoms with van der Waals surface area (Å²) in [7, 11) is 1.50. The largest absolute Gasteiger partial charge is 0.497 e. The Morgan fingerprint density at radius 2 is 1.70 bits per heavy atom. The van der Waals surface area contributed by atoms with Crippen molar-refractivity contribution in [1.29, 1.82) is 0 Å². The number of benzene rings is 1. The maximum atomic E-state index is 12.8. The van der Waals surface area contributed by atoms with E-state index in [9.17, 15) is 27.6 Å². The van der Waals surface area contributed by atoms with Gasteiger partial charge in [-0.3, -0.25) is 14.4 Å². The molecule has 10 heteroatoms. The minimum Gasteiger partial charge on any atom is -0.497 e. The fourth-order valence-electron chi connectivity index (χ4n) is 3.17. The summed E-state index contributed by atoms with van der Waals surface area (Å²) >= 11 is 0. The number of carbonyl (C=O) groups is 2. The van der Waals surface area contributed by atoms with E-state index in [-0.39, 0.29) is 32.1 Å². The highest BCUT2D eigenvalue weighted by atomic mass is 19.4. The van der Waals surface area contributed by atoms with E-state index in [0.29, 0.717) is 23.6 Å². The highest BCUT2D eigenvalue weighted by Gasteiger charge is 2.31. The van der Waals surface area contributed by atoms with Crippen molar-refractivity contribution in [3.05, 3.63) is 64.1 Å². The third kappa shape index (κ3) is 4.81. The number of amides is 2. The van der Waals surface area contributed by atoms with Crippen LogP contribution in [0, 0.1) is 0 Å². The van der Waals surface area contributed by atoms with Gasteiger partial charge in [-0.1, -0.05) is 6.07 Å². The van der Waals surface area contributed by atoms with E-state index in [1.54, 1.807) is 29.2 Å². The van der Waals surface area contributed by atoms with Gasteiger partial charge in [0.25, 0.3) is 11.5 Å². The summed E-state index contributed by atoms with van der Waals surface area (Å²) in [5.41, 5.74) is -1.23. The Kier molecular flexibility index (Phi) is 6.14. The van der Waals surface area contributed by atoms with Crippen LogP contribution in [0.25, 0.3) is 0 Å². The number of carbonyl (C=O) groups excluding carboxylic acids is 2. The fraction of sp³-hybridized carbons (Fsp3) is 0.350. The molecule has 0 unspecified atom stereocenters. The summed E-state index contributed by atoms with van der Waals surface area (Å²) in [4.78, 5) is 40.0. The molecule has 0 N–H and O–H groups in total. The molecule has 1 fully saturated rings. The quantitative estimate of drug-likeness (QED) is 0.753.